The molecule has 4 heteroatoms. The average molecular weight is 222 g/mol. The second-order valence-electron chi connectivity index (χ2n) is 4.64. The Morgan fingerprint density at radius 3 is 2.44 bits per heavy atom. The Morgan fingerprint density at radius 1 is 1.31 bits per heavy atom. The fourth-order valence-corrected chi connectivity index (χ4v) is 1.57. The van der Waals surface area contributed by atoms with E-state index in [1.165, 1.54) is 6.33 Å². The first-order valence-electron chi connectivity index (χ1n) is 5.77. The molecule has 2 N–H and O–H groups in total. The number of anilines is 2. The minimum absolute atomic E-state index is 0.0741. The van der Waals surface area contributed by atoms with Crippen LogP contribution in [0.5, 0.6) is 0 Å². The zero-order chi connectivity index (χ0) is 12.3. The molecule has 0 saturated heterocycles. The fourth-order valence-electron chi connectivity index (χ4n) is 1.57. The Kier molecular flexibility index (Phi) is 3.73. The van der Waals surface area contributed by atoms with Gasteiger partial charge in [-0.15, -0.1) is 0 Å². The predicted molar refractivity (Wildman–Crippen MR) is 68.6 cm³/mol. The molecular formula is C12H22N4. The maximum atomic E-state index is 5.88. The second kappa shape index (κ2) is 4.68. The monoisotopic (exact) mass is 222 g/mol. The lowest BCUT2D eigenvalue weighted by atomic mass is 9.99. The Hall–Kier alpha value is -1.32. The first-order valence-corrected chi connectivity index (χ1v) is 5.77. The molecule has 1 rings (SSSR count). The molecule has 0 aliphatic rings. The SMILES string of the molecule is CCc1c(N)ncnc1N(C)C(C)(C)CC. The fraction of sp³-hybridized carbons (Fsp3) is 0.667. The van der Waals surface area contributed by atoms with Crippen molar-refractivity contribution in [3.63, 3.8) is 0 Å². The molecule has 0 atom stereocenters. The molecule has 0 fully saturated rings. The van der Waals surface area contributed by atoms with Crippen molar-refractivity contribution in [3.05, 3.63) is 11.9 Å². The van der Waals surface area contributed by atoms with Crippen LogP contribution in [0.1, 0.15) is 39.7 Å². The van der Waals surface area contributed by atoms with E-state index in [4.69, 9.17) is 5.73 Å². The van der Waals surface area contributed by atoms with E-state index in [1.807, 2.05) is 0 Å². The van der Waals surface area contributed by atoms with Gasteiger partial charge in [0.1, 0.15) is 18.0 Å². The molecule has 1 heterocycles. The summed E-state index contributed by atoms with van der Waals surface area (Å²) in [6.07, 6.45) is 3.44. The molecule has 16 heavy (non-hydrogen) atoms. The van der Waals surface area contributed by atoms with Crippen LogP contribution in [-0.2, 0) is 6.42 Å². The van der Waals surface area contributed by atoms with Crippen LogP contribution < -0.4 is 10.6 Å². The molecule has 0 amide bonds. The van der Waals surface area contributed by atoms with E-state index in [0.717, 1.165) is 24.2 Å². The van der Waals surface area contributed by atoms with Crippen molar-refractivity contribution in [2.24, 2.45) is 0 Å². The van der Waals surface area contributed by atoms with Gasteiger partial charge in [-0.25, -0.2) is 9.97 Å². The summed E-state index contributed by atoms with van der Waals surface area (Å²) in [6.45, 7) is 8.65. The molecule has 1 aromatic rings. The molecule has 0 aliphatic heterocycles. The van der Waals surface area contributed by atoms with E-state index in [0.29, 0.717) is 5.82 Å². The molecule has 0 aromatic carbocycles. The standard InChI is InChI=1S/C12H22N4/c1-6-9-10(13)14-8-15-11(9)16(5)12(3,4)7-2/h8H,6-7H2,1-5H3,(H2,13,14,15). The normalized spacial score (nSPS) is 11.6. The van der Waals surface area contributed by atoms with Gasteiger partial charge >= 0.3 is 0 Å². The third-order valence-electron chi connectivity index (χ3n) is 3.40. The lowest BCUT2D eigenvalue weighted by Crippen LogP contribution is -2.41. The highest BCUT2D eigenvalue weighted by atomic mass is 15.2. The largest absolute Gasteiger partial charge is 0.383 e. The van der Waals surface area contributed by atoms with Crippen LogP contribution in [0.15, 0.2) is 6.33 Å². The van der Waals surface area contributed by atoms with Crippen LogP contribution in [0.2, 0.25) is 0 Å². The summed E-state index contributed by atoms with van der Waals surface area (Å²) in [5.74, 6) is 1.54. The maximum Gasteiger partial charge on any atom is 0.137 e. The Labute approximate surface area is 97.9 Å². The Bertz CT molecular complexity index is 360. The number of rotatable bonds is 4. The summed E-state index contributed by atoms with van der Waals surface area (Å²) in [4.78, 5) is 10.6. The first-order chi connectivity index (χ1) is 7.44. The van der Waals surface area contributed by atoms with Crippen molar-refractivity contribution in [2.45, 2.75) is 46.1 Å². The summed E-state index contributed by atoms with van der Waals surface area (Å²) in [6, 6.07) is 0. The smallest absolute Gasteiger partial charge is 0.137 e. The first kappa shape index (κ1) is 12.7. The zero-order valence-electron chi connectivity index (χ0n) is 10.9. The van der Waals surface area contributed by atoms with Gasteiger partial charge in [-0.05, 0) is 26.7 Å². The molecule has 0 saturated carbocycles. The highest BCUT2D eigenvalue weighted by Gasteiger charge is 2.24. The number of nitrogens with zero attached hydrogens (tertiary/aromatic N) is 3. The van der Waals surface area contributed by atoms with E-state index < -0.39 is 0 Å². The molecular weight excluding hydrogens is 200 g/mol. The Morgan fingerprint density at radius 2 is 1.94 bits per heavy atom. The van der Waals surface area contributed by atoms with Crippen LogP contribution in [0.25, 0.3) is 0 Å². The molecule has 0 aliphatic carbocycles. The van der Waals surface area contributed by atoms with Crippen molar-refractivity contribution in [1.82, 2.24) is 9.97 Å². The van der Waals surface area contributed by atoms with E-state index in [1.54, 1.807) is 0 Å². The minimum atomic E-state index is 0.0741. The van der Waals surface area contributed by atoms with Gasteiger partial charge in [0.2, 0.25) is 0 Å². The van der Waals surface area contributed by atoms with Gasteiger partial charge in [-0.3, -0.25) is 0 Å². The lowest BCUT2D eigenvalue weighted by Gasteiger charge is -2.36. The van der Waals surface area contributed by atoms with Gasteiger partial charge in [0.15, 0.2) is 0 Å². The van der Waals surface area contributed by atoms with Crippen LogP contribution in [0, 0.1) is 0 Å². The number of nitrogens with two attached hydrogens (primary N) is 1. The minimum Gasteiger partial charge on any atom is -0.383 e. The summed E-state index contributed by atoms with van der Waals surface area (Å²) < 4.78 is 0. The predicted octanol–water partition coefficient (Wildman–Crippen LogP) is 2.25. The molecule has 0 unspecified atom stereocenters. The molecule has 0 radical (unpaired) electrons. The van der Waals surface area contributed by atoms with Crippen LogP contribution in [0.3, 0.4) is 0 Å². The number of aromatic nitrogens is 2. The summed E-state index contributed by atoms with van der Waals surface area (Å²) in [5.41, 5.74) is 6.98. The van der Waals surface area contributed by atoms with Crippen LogP contribution in [0.4, 0.5) is 11.6 Å². The van der Waals surface area contributed by atoms with Crippen molar-refractivity contribution in [1.29, 1.82) is 0 Å². The zero-order valence-corrected chi connectivity index (χ0v) is 10.9. The molecule has 4 nitrogen and oxygen atoms in total. The topological polar surface area (TPSA) is 55.0 Å². The molecule has 0 spiro atoms. The van der Waals surface area contributed by atoms with Crippen molar-refractivity contribution in [3.8, 4) is 0 Å². The highest BCUT2D eigenvalue weighted by molar-refractivity contribution is 5.57. The quantitative estimate of drug-likeness (QED) is 0.849. The average Bonchev–Trinajstić information content (AvgIpc) is 2.27. The van der Waals surface area contributed by atoms with E-state index in [-0.39, 0.29) is 5.54 Å². The van der Waals surface area contributed by atoms with Gasteiger partial charge in [-0.1, -0.05) is 13.8 Å². The number of nitrogen functional groups attached to an aromatic ring is 1. The van der Waals surface area contributed by atoms with Gasteiger partial charge in [0.05, 0.1) is 0 Å². The van der Waals surface area contributed by atoms with Gasteiger partial charge < -0.3 is 10.6 Å². The van der Waals surface area contributed by atoms with Crippen LogP contribution in [-0.4, -0.2) is 22.6 Å². The lowest BCUT2D eigenvalue weighted by molar-refractivity contribution is 0.466. The third-order valence-corrected chi connectivity index (χ3v) is 3.40. The van der Waals surface area contributed by atoms with Crippen molar-refractivity contribution >= 4 is 11.6 Å². The number of hydrogen-bond acceptors (Lipinski definition) is 4. The second-order valence-corrected chi connectivity index (χ2v) is 4.64. The summed E-state index contributed by atoms with van der Waals surface area (Å²) >= 11 is 0. The Balaban J connectivity index is 3.18. The van der Waals surface area contributed by atoms with E-state index >= 15 is 0 Å². The highest BCUT2D eigenvalue weighted by Crippen LogP contribution is 2.28. The molecule has 1 aromatic heterocycles. The van der Waals surface area contributed by atoms with Gasteiger partial charge in [0, 0.05) is 18.2 Å². The number of hydrogen-bond donors (Lipinski definition) is 1. The molecule has 90 valence electrons. The van der Waals surface area contributed by atoms with E-state index in [9.17, 15) is 0 Å². The van der Waals surface area contributed by atoms with Crippen molar-refractivity contribution < 1.29 is 0 Å². The molecule has 0 bridgehead atoms. The van der Waals surface area contributed by atoms with Gasteiger partial charge in [-0.2, -0.15) is 0 Å². The maximum absolute atomic E-state index is 5.88. The third kappa shape index (κ3) is 2.26. The van der Waals surface area contributed by atoms with Crippen LogP contribution >= 0.6 is 0 Å². The van der Waals surface area contributed by atoms with Gasteiger partial charge in [0.25, 0.3) is 0 Å². The van der Waals surface area contributed by atoms with E-state index in [2.05, 4.69) is 49.6 Å². The summed E-state index contributed by atoms with van der Waals surface area (Å²) in [7, 11) is 2.06. The van der Waals surface area contributed by atoms with Crippen molar-refractivity contribution in [2.75, 3.05) is 17.7 Å². The summed E-state index contributed by atoms with van der Waals surface area (Å²) in [5, 5.41) is 0.